The summed E-state index contributed by atoms with van der Waals surface area (Å²) in [5.41, 5.74) is 2.08. The van der Waals surface area contributed by atoms with Crippen LogP contribution in [0.2, 0.25) is 0 Å². The van der Waals surface area contributed by atoms with Crippen LogP contribution in [0, 0.1) is 25.5 Å². The van der Waals surface area contributed by atoms with Crippen molar-refractivity contribution in [2.75, 3.05) is 0 Å². The first kappa shape index (κ1) is 16.1. The molecule has 0 saturated heterocycles. The van der Waals surface area contributed by atoms with E-state index in [2.05, 4.69) is 21.0 Å². The van der Waals surface area contributed by atoms with Gasteiger partial charge in [-0.1, -0.05) is 6.92 Å². The van der Waals surface area contributed by atoms with Crippen LogP contribution in [-0.2, 0) is 6.54 Å². The minimum atomic E-state index is -0.625. The van der Waals surface area contributed by atoms with Gasteiger partial charge in [-0.3, -0.25) is 4.68 Å². The summed E-state index contributed by atoms with van der Waals surface area (Å²) in [4.78, 5) is 0. The third kappa shape index (κ3) is 3.01. The molecule has 3 nitrogen and oxygen atoms in total. The van der Waals surface area contributed by atoms with Crippen LogP contribution in [0.3, 0.4) is 0 Å². The molecular weight excluding hydrogens is 342 g/mol. The van der Waals surface area contributed by atoms with Crippen molar-refractivity contribution in [1.82, 2.24) is 9.78 Å². The maximum absolute atomic E-state index is 14.0. The molecule has 2 aromatic rings. The lowest BCUT2D eigenvalue weighted by Crippen LogP contribution is -2.09. The number of rotatable bonds is 4. The second-order valence-corrected chi connectivity index (χ2v) is 5.84. The van der Waals surface area contributed by atoms with Gasteiger partial charge in [-0.2, -0.15) is 5.10 Å². The molecule has 0 saturated carbocycles. The molecule has 1 heterocycles. The van der Waals surface area contributed by atoms with Gasteiger partial charge >= 0.3 is 0 Å². The van der Waals surface area contributed by atoms with Crippen LogP contribution >= 0.6 is 15.9 Å². The minimum Gasteiger partial charge on any atom is -0.388 e. The molecule has 0 bridgehead atoms. The highest BCUT2D eigenvalue weighted by Crippen LogP contribution is 2.26. The van der Waals surface area contributed by atoms with Gasteiger partial charge in [0.25, 0.3) is 0 Å². The highest BCUT2D eigenvalue weighted by molar-refractivity contribution is 9.10. The molecule has 1 aromatic heterocycles. The molecular formula is C15H17BrF2N2O. The Hall–Kier alpha value is -1.27. The van der Waals surface area contributed by atoms with Crippen molar-refractivity contribution in [2.24, 2.45) is 0 Å². The van der Waals surface area contributed by atoms with Crippen LogP contribution < -0.4 is 0 Å². The molecule has 0 aliphatic rings. The van der Waals surface area contributed by atoms with E-state index in [9.17, 15) is 13.9 Å². The van der Waals surface area contributed by atoms with E-state index >= 15 is 0 Å². The van der Waals surface area contributed by atoms with E-state index in [4.69, 9.17) is 0 Å². The van der Waals surface area contributed by atoms with Crippen molar-refractivity contribution in [1.29, 1.82) is 0 Å². The molecule has 0 spiro atoms. The Bertz CT molecular complexity index is 670. The highest BCUT2D eigenvalue weighted by atomic mass is 79.9. The van der Waals surface area contributed by atoms with Crippen molar-refractivity contribution in [2.45, 2.75) is 39.8 Å². The molecule has 21 heavy (non-hydrogen) atoms. The maximum Gasteiger partial charge on any atom is 0.145 e. The normalized spacial score (nSPS) is 12.7. The molecule has 1 unspecified atom stereocenters. The first-order valence-corrected chi connectivity index (χ1v) is 7.50. The van der Waals surface area contributed by atoms with Gasteiger partial charge in [-0.15, -0.1) is 0 Å². The summed E-state index contributed by atoms with van der Waals surface area (Å²) in [6, 6.07) is 2.55. The van der Waals surface area contributed by atoms with E-state index in [1.54, 1.807) is 13.8 Å². The third-order valence-corrected chi connectivity index (χ3v) is 4.22. The van der Waals surface area contributed by atoms with Gasteiger partial charge in [0, 0.05) is 16.8 Å². The van der Waals surface area contributed by atoms with Crippen molar-refractivity contribution in [3.8, 4) is 0 Å². The fourth-order valence-corrected chi connectivity index (χ4v) is 2.79. The van der Waals surface area contributed by atoms with Gasteiger partial charge in [0.2, 0.25) is 0 Å². The van der Waals surface area contributed by atoms with Crippen molar-refractivity contribution < 1.29 is 13.9 Å². The number of hydrogen-bond donors (Lipinski definition) is 1. The van der Waals surface area contributed by atoms with Crippen LogP contribution in [-0.4, -0.2) is 14.9 Å². The van der Waals surface area contributed by atoms with Gasteiger partial charge in [0.05, 0.1) is 22.8 Å². The van der Waals surface area contributed by atoms with Gasteiger partial charge in [0.1, 0.15) is 11.6 Å². The summed E-state index contributed by atoms with van der Waals surface area (Å²) in [6.45, 7) is 5.43. The number of aliphatic hydroxyl groups excluding tert-OH is 1. The molecule has 114 valence electrons. The molecule has 2 rings (SSSR count). The number of aryl methyl sites for hydroxylation is 1. The Labute approximate surface area is 130 Å². The largest absolute Gasteiger partial charge is 0.388 e. The molecule has 6 heteroatoms. The summed E-state index contributed by atoms with van der Waals surface area (Å²) >= 11 is 3.05. The summed E-state index contributed by atoms with van der Waals surface area (Å²) < 4.78 is 29.6. The number of aliphatic hydroxyl groups is 1. The minimum absolute atomic E-state index is 0.0137. The Balaban J connectivity index is 2.44. The lowest BCUT2D eigenvalue weighted by atomic mass is 10.1. The topological polar surface area (TPSA) is 38.1 Å². The zero-order chi connectivity index (χ0) is 15.7. The monoisotopic (exact) mass is 358 g/mol. The fourth-order valence-electron chi connectivity index (χ4n) is 2.41. The average Bonchev–Trinajstić information content (AvgIpc) is 2.73. The first-order chi connectivity index (χ1) is 9.86. The van der Waals surface area contributed by atoms with Crippen LogP contribution in [0.1, 0.15) is 42.0 Å². The number of benzene rings is 1. The molecule has 0 aliphatic heterocycles. The molecule has 0 fully saturated rings. The van der Waals surface area contributed by atoms with E-state index in [-0.39, 0.29) is 16.6 Å². The molecule has 0 amide bonds. The summed E-state index contributed by atoms with van der Waals surface area (Å²) in [6.07, 6.45) is -0.0524. The zero-order valence-corrected chi connectivity index (χ0v) is 13.7. The number of hydrogen-bond acceptors (Lipinski definition) is 2. The van der Waals surface area contributed by atoms with E-state index in [0.29, 0.717) is 12.1 Å². The molecule has 1 aromatic carbocycles. The van der Waals surface area contributed by atoms with Gasteiger partial charge in [-0.05, 0) is 48.3 Å². The van der Waals surface area contributed by atoms with Crippen LogP contribution in [0.15, 0.2) is 16.6 Å². The summed E-state index contributed by atoms with van der Waals surface area (Å²) in [5.74, 6) is -1.24. The van der Waals surface area contributed by atoms with Crippen LogP contribution in [0.4, 0.5) is 8.78 Å². The third-order valence-electron chi connectivity index (χ3n) is 3.60. The molecule has 0 radical (unpaired) electrons. The van der Waals surface area contributed by atoms with Crippen LogP contribution in [0.5, 0.6) is 0 Å². The van der Waals surface area contributed by atoms with Gasteiger partial charge in [-0.25, -0.2) is 8.78 Å². The summed E-state index contributed by atoms with van der Waals surface area (Å²) in [7, 11) is 0. The SMILES string of the molecule is CCC(O)c1c(C)nn(Cc2c(F)ccc(Br)c2F)c1C. The lowest BCUT2D eigenvalue weighted by Gasteiger charge is -2.11. The van der Waals surface area contributed by atoms with Crippen molar-refractivity contribution in [3.05, 3.63) is 50.8 Å². The van der Waals surface area contributed by atoms with E-state index in [1.807, 2.05) is 6.92 Å². The molecule has 1 atom stereocenters. The first-order valence-electron chi connectivity index (χ1n) is 6.71. The van der Waals surface area contributed by atoms with Crippen molar-refractivity contribution >= 4 is 15.9 Å². The van der Waals surface area contributed by atoms with Gasteiger partial charge < -0.3 is 5.11 Å². The van der Waals surface area contributed by atoms with Gasteiger partial charge in [0.15, 0.2) is 0 Å². The molecule has 1 N–H and O–H groups in total. The molecule has 0 aliphatic carbocycles. The number of halogens is 3. The lowest BCUT2D eigenvalue weighted by molar-refractivity contribution is 0.172. The maximum atomic E-state index is 14.0. The Morgan fingerprint density at radius 3 is 2.62 bits per heavy atom. The zero-order valence-electron chi connectivity index (χ0n) is 12.1. The quantitative estimate of drug-likeness (QED) is 0.837. The number of nitrogens with zero attached hydrogens (tertiary/aromatic N) is 2. The van der Waals surface area contributed by atoms with E-state index < -0.39 is 17.7 Å². The Kier molecular flexibility index (Phi) is 4.78. The highest BCUT2D eigenvalue weighted by Gasteiger charge is 2.20. The van der Waals surface area contributed by atoms with E-state index in [0.717, 1.165) is 11.3 Å². The standard InChI is InChI=1S/C15H17BrF2N2O/c1-4-13(21)14-8(2)19-20(9(14)3)7-10-12(17)6-5-11(16)15(10)18/h5-6,13,21H,4,7H2,1-3H3. The Morgan fingerprint density at radius 1 is 1.33 bits per heavy atom. The second-order valence-electron chi connectivity index (χ2n) is 4.99. The Morgan fingerprint density at radius 2 is 2.00 bits per heavy atom. The summed E-state index contributed by atoms with van der Waals surface area (Å²) in [5, 5.41) is 14.3. The smallest absolute Gasteiger partial charge is 0.145 e. The average molecular weight is 359 g/mol. The predicted molar refractivity (Wildman–Crippen MR) is 80.1 cm³/mol. The predicted octanol–water partition coefficient (Wildman–Crippen LogP) is 4.03. The van der Waals surface area contributed by atoms with E-state index in [1.165, 1.54) is 16.8 Å². The second kappa shape index (κ2) is 6.23. The number of aromatic nitrogens is 2. The fraction of sp³-hybridized carbons (Fsp3) is 0.400. The van der Waals surface area contributed by atoms with Crippen molar-refractivity contribution in [3.63, 3.8) is 0 Å². The van der Waals surface area contributed by atoms with Crippen LogP contribution in [0.25, 0.3) is 0 Å².